The number of carbonyl (C=O) groups is 3. The van der Waals surface area contributed by atoms with Gasteiger partial charge in [0.15, 0.2) is 0 Å². The molecule has 2 aliphatic rings. The highest BCUT2D eigenvalue weighted by atomic mass is 79.9. The predicted molar refractivity (Wildman–Crippen MR) is 141 cm³/mol. The lowest BCUT2D eigenvalue weighted by Gasteiger charge is -2.47. The summed E-state index contributed by atoms with van der Waals surface area (Å²) in [6.45, 7) is 1.76. The lowest BCUT2D eigenvalue weighted by Crippen LogP contribution is -2.58. The molecule has 6 nitrogen and oxygen atoms in total. The van der Waals surface area contributed by atoms with Gasteiger partial charge < -0.3 is 10.1 Å². The van der Waals surface area contributed by atoms with E-state index in [0.717, 1.165) is 14.9 Å². The molecule has 0 bridgehead atoms. The molecule has 3 amide bonds. The Bertz CT molecular complexity index is 1400. The molecular weight excluding hydrogens is 567 g/mol. The molecule has 3 aromatic rings. The van der Waals surface area contributed by atoms with Crippen molar-refractivity contribution >= 4 is 62.7 Å². The molecule has 5 rings (SSSR count). The second-order valence-electron chi connectivity index (χ2n) is 8.70. The van der Waals surface area contributed by atoms with Crippen molar-refractivity contribution in [2.45, 2.75) is 30.7 Å². The molecule has 0 aromatic heterocycles. The van der Waals surface area contributed by atoms with Crippen LogP contribution < -0.4 is 10.2 Å². The fourth-order valence-corrected chi connectivity index (χ4v) is 6.33. The van der Waals surface area contributed by atoms with Gasteiger partial charge in [0, 0.05) is 26.9 Å². The Hall–Kier alpha value is -2.87. The smallest absolute Gasteiger partial charge is 0.421 e. The molecule has 2 heterocycles. The number of nitrogens with zero attached hydrogens (tertiary/aromatic N) is 1. The quantitative estimate of drug-likeness (QED) is 0.377. The molecule has 3 atom stereocenters. The van der Waals surface area contributed by atoms with E-state index >= 15 is 0 Å². The number of halogens is 3. The van der Waals surface area contributed by atoms with Gasteiger partial charge in [-0.1, -0.05) is 75.5 Å². The molecule has 0 aliphatic carbocycles. The average Bonchev–Trinajstić information content (AvgIpc) is 3.09. The van der Waals surface area contributed by atoms with Gasteiger partial charge in [0.1, 0.15) is 5.41 Å². The number of nitrogens with one attached hydrogen (secondary N) is 1. The Morgan fingerprint density at radius 3 is 2.56 bits per heavy atom. The molecule has 184 valence electrons. The third-order valence-corrected chi connectivity index (χ3v) is 8.01. The topological polar surface area (TPSA) is 75.7 Å². The molecular formula is C27H21BrCl2N2O4. The maximum absolute atomic E-state index is 14.6. The average molecular weight is 588 g/mol. The van der Waals surface area contributed by atoms with Gasteiger partial charge >= 0.3 is 6.09 Å². The van der Waals surface area contributed by atoms with Gasteiger partial charge in [0.2, 0.25) is 11.8 Å². The van der Waals surface area contributed by atoms with Gasteiger partial charge in [0.05, 0.1) is 18.3 Å². The van der Waals surface area contributed by atoms with Crippen molar-refractivity contribution in [1.82, 2.24) is 5.32 Å². The molecule has 1 saturated heterocycles. The third-order valence-electron chi connectivity index (χ3n) is 6.82. The first kappa shape index (κ1) is 24.8. The Balaban J connectivity index is 1.86. The second kappa shape index (κ2) is 9.54. The van der Waals surface area contributed by atoms with Crippen LogP contribution in [0.25, 0.3) is 0 Å². The fourth-order valence-electron chi connectivity index (χ4n) is 5.45. The summed E-state index contributed by atoms with van der Waals surface area (Å²) in [6.07, 6.45) is -0.776. The van der Waals surface area contributed by atoms with E-state index in [1.165, 1.54) is 0 Å². The number of rotatable bonds is 3. The number of hydrogen-bond donors (Lipinski definition) is 1. The molecule has 1 N–H and O–H groups in total. The van der Waals surface area contributed by atoms with Crippen LogP contribution in [-0.2, 0) is 19.7 Å². The number of anilines is 1. The fraction of sp³-hybridized carbons (Fsp3) is 0.222. The molecule has 0 radical (unpaired) electrons. The maximum atomic E-state index is 14.6. The normalized spacial score (nSPS) is 22.9. The zero-order valence-corrected chi connectivity index (χ0v) is 22.2. The summed E-state index contributed by atoms with van der Waals surface area (Å²) in [7, 11) is 0. The summed E-state index contributed by atoms with van der Waals surface area (Å²) in [6, 6.07) is 18.8. The van der Waals surface area contributed by atoms with Crippen LogP contribution in [0.3, 0.4) is 0 Å². The molecule has 36 heavy (non-hydrogen) atoms. The summed E-state index contributed by atoms with van der Waals surface area (Å²) in [5, 5.41) is 3.91. The highest BCUT2D eigenvalue weighted by molar-refractivity contribution is 9.10. The molecule has 0 unspecified atom stereocenters. The van der Waals surface area contributed by atoms with Crippen LogP contribution >= 0.6 is 39.1 Å². The van der Waals surface area contributed by atoms with E-state index in [4.69, 9.17) is 27.9 Å². The first-order valence-electron chi connectivity index (χ1n) is 11.4. The van der Waals surface area contributed by atoms with Gasteiger partial charge in [-0.25, -0.2) is 9.69 Å². The van der Waals surface area contributed by atoms with Crippen LogP contribution in [0.4, 0.5) is 10.5 Å². The van der Waals surface area contributed by atoms with Crippen LogP contribution in [0.15, 0.2) is 71.2 Å². The first-order chi connectivity index (χ1) is 17.3. The minimum absolute atomic E-state index is 0.0196. The van der Waals surface area contributed by atoms with Gasteiger partial charge in [-0.2, -0.15) is 0 Å². The van der Waals surface area contributed by atoms with Gasteiger partial charge in [0.25, 0.3) is 0 Å². The Kier molecular flexibility index (Phi) is 6.57. The lowest BCUT2D eigenvalue weighted by molar-refractivity contribution is -0.132. The number of benzene rings is 3. The zero-order chi connectivity index (χ0) is 25.6. The minimum Gasteiger partial charge on any atom is -0.449 e. The second-order valence-corrected chi connectivity index (χ2v) is 10.4. The van der Waals surface area contributed by atoms with Gasteiger partial charge in [-0.05, 0) is 53.9 Å². The molecule has 1 spiro atoms. The molecule has 3 aromatic carbocycles. The highest BCUT2D eigenvalue weighted by Crippen LogP contribution is 2.60. The summed E-state index contributed by atoms with van der Waals surface area (Å²) >= 11 is 16.3. The van der Waals surface area contributed by atoms with E-state index in [1.807, 2.05) is 30.3 Å². The highest BCUT2D eigenvalue weighted by Gasteiger charge is 2.64. The Morgan fingerprint density at radius 2 is 1.83 bits per heavy atom. The van der Waals surface area contributed by atoms with Crippen LogP contribution in [-0.4, -0.2) is 24.5 Å². The van der Waals surface area contributed by atoms with Crippen molar-refractivity contribution in [3.63, 3.8) is 0 Å². The Labute approximate surface area is 226 Å². The van der Waals surface area contributed by atoms with Crippen LogP contribution in [0.5, 0.6) is 0 Å². The summed E-state index contributed by atoms with van der Waals surface area (Å²) in [5.41, 5.74) is 0.962. The summed E-state index contributed by atoms with van der Waals surface area (Å²) < 4.78 is 6.00. The van der Waals surface area contributed by atoms with E-state index in [0.29, 0.717) is 26.9 Å². The van der Waals surface area contributed by atoms with Crippen LogP contribution in [0.2, 0.25) is 10.0 Å². The molecule has 1 fully saturated rings. The lowest BCUT2D eigenvalue weighted by atomic mass is 9.59. The van der Waals surface area contributed by atoms with E-state index in [-0.39, 0.29) is 18.9 Å². The standard InChI is InChI=1S/C27H21BrCl2N2O4/c1-2-36-26(35)32-22-13-17(30)10-11-19(22)27(25(32)34)20(15-6-5-7-16(29)12-15)14-23(33)31-24(27)18-8-3-4-9-21(18)28/h3-13,20,24H,2,14H2,1H3,(H,31,33)/t20-,24+,27-/m0/s1. The number of piperidine rings is 1. The van der Waals surface area contributed by atoms with Crippen molar-refractivity contribution in [3.8, 4) is 0 Å². The number of amides is 3. The van der Waals surface area contributed by atoms with Crippen LogP contribution in [0.1, 0.15) is 42.0 Å². The van der Waals surface area contributed by atoms with Crippen molar-refractivity contribution in [2.24, 2.45) is 0 Å². The minimum atomic E-state index is -1.38. The maximum Gasteiger partial charge on any atom is 0.421 e. The van der Waals surface area contributed by atoms with E-state index < -0.39 is 29.4 Å². The molecule has 0 saturated carbocycles. The van der Waals surface area contributed by atoms with Crippen molar-refractivity contribution in [3.05, 3.63) is 97.9 Å². The number of fused-ring (bicyclic) bond motifs is 2. The van der Waals surface area contributed by atoms with E-state index in [1.54, 1.807) is 43.3 Å². The number of imide groups is 1. The predicted octanol–water partition coefficient (Wildman–Crippen LogP) is 6.54. The van der Waals surface area contributed by atoms with Crippen molar-refractivity contribution in [1.29, 1.82) is 0 Å². The number of carbonyl (C=O) groups excluding carboxylic acids is 3. The van der Waals surface area contributed by atoms with E-state index in [9.17, 15) is 14.4 Å². The molecule has 9 heteroatoms. The van der Waals surface area contributed by atoms with Gasteiger partial charge in [-0.15, -0.1) is 0 Å². The Morgan fingerprint density at radius 1 is 1.08 bits per heavy atom. The molecule has 2 aliphatic heterocycles. The van der Waals surface area contributed by atoms with Crippen molar-refractivity contribution in [2.75, 3.05) is 11.5 Å². The van der Waals surface area contributed by atoms with Gasteiger partial charge in [-0.3, -0.25) is 9.59 Å². The number of hydrogen-bond acceptors (Lipinski definition) is 4. The van der Waals surface area contributed by atoms with Crippen molar-refractivity contribution < 1.29 is 19.1 Å². The first-order valence-corrected chi connectivity index (χ1v) is 12.9. The summed E-state index contributed by atoms with van der Waals surface area (Å²) in [5.74, 6) is -1.35. The number of ether oxygens (including phenoxy) is 1. The summed E-state index contributed by atoms with van der Waals surface area (Å²) in [4.78, 5) is 42.0. The SMILES string of the molecule is CCOC(=O)N1C(=O)[C@]2(c3ccc(Cl)cc31)[C@@H](c1ccccc1Br)NC(=O)C[C@H]2c1cccc(Cl)c1. The van der Waals surface area contributed by atoms with Crippen LogP contribution in [0, 0.1) is 0 Å². The van der Waals surface area contributed by atoms with E-state index in [2.05, 4.69) is 21.2 Å². The largest absolute Gasteiger partial charge is 0.449 e. The third kappa shape index (κ3) is 3.81. The zero-order valence-electron chi connectivity index (χ0n) is 19.1. The monoisotopic (exact) mass is 586 g/mol.